The summed E-state index contributed by atoms with van der Waals surface area (Å²) in [5.74, 6) is 0.225. The third-order valence-electron chi connectivity index (χ3n) is 4.41. The zero-order valence-corrected chi connectivity index (χ0v) is 15.5. The van der Waals surface area contributed by atoms with Crippen LogP contribution in [-0.4, -0.2) is 53.1 Å². The van der Waals surface area contributed by atoms with Crippen LogP contribution >= 0.6 is 0 Å². The molecule has 1 aliphatic rings. The first kappa shape index (κ1) is 18.5. The molecule has 0 atom stereocenters. The summed E-state index contributed by atoms with van der Waals surface area (Å²) < 4.78 is 51.0. The Balaban J connectivity index is 1.79. The minimum absolute atomic E-state index is 0.0113. The summed E-state index contributed by atoms with van der Waals surface area (Å²) in [6.45, 7) is 1.70. The van der Waals surface area contributed by atoms with Crippen molar-refractivity contribution >= 4 is 15.7 Å². The van der Waals surface area contributed by atoms with Crippen LogP contribution in [0.25, 0.3) is 0 Å². The van der Waals surface area contributed by atoms with Crippen molar-refractivity contribution in [3.8, 4) is 11.5 Å². The van der Waals surface area contributed by atoms with Crippen LogP contribution in [0.4, 0.5) is 10.1 Å². The lowest BCUT2D eigenvalue weighted by Gasteiger charge is -2.36. The van der Waals surface area contributed by atoms with E-state index >= 15 is 0 Å². The van der Waals surface area contributed by atoms with Crippen molar-refractivity contribution < 1.29 is 22.3 Å². The third-order valence-corrected chi connectivity index (χ3v) is 6.35. The van der Waals surface area contributed by atoms with Gasteiger partial charge in [-0.05, 0) is 24.3 Å². The van der Waals surface area contributed by atoms with Crippen LogP contribution in [0.1, 0.15) is 0 Å². The van der Waals surface area contributed by atoms with Gasteiger partial charge >= 0.3 is 0 Å². The van der Waals surface area contributed by atoms with E-state index in [1.54, 1.807) is 7.11 Å². The first-order valence-electron chi connectivity index (χ1n) is 8.19. The van der Waals surface area contributed by atoms with E-state index in [0.29, 0.717) is 26.2 Å². The summed E-state index contributed by atoms with van der Waals surface area (Å²) in [5, 5.41) is 0. The standard InChI is InChI=1S/C18H21FN2O4S/c1-24-16-6-4-3-5-15(16)20-9-11-21(12-10-20)26(22,23)18-8-7-14(19)13-17(18)25-2/h3-8,13H,9-12H2,1-2H3. The van der Waals surface area contributed by atoms with E-state index in [9.17, 15) is 12.8 Å². The maximum Gasteiger partial charge on any atom is 0.246 e. The van der Waals surface area contributed by atoms with E-state index in [1.807, 2.05) is 24.3 Å². The Morgan fingerprint density at radius 1 is 0.923 bits per heavy atom. The zero-order chi connectivity index (χ0) is 18.7. The van der Waals surface area contributed by atoms with E-state index in [1.165, 1.54) is 17.5 Å². The SMILES string of the molecule is COc1ccccc1N1CCN(S(=O)(=O)c2ccc(F)cc2OC)CC1. The predicted molar refractivity (Wildman–Crippen MR) is 96.9 cm³/mol. The van der Waals surface area contributed by atoms with Crippen LogP contribution < -0.4 is 14.4 Å². The van der Waals surface area contributed by atoms with Gasteiger partial charge in [-0.15, -0.1) is 0 Å². The Labute approximate surface area is 152 Å². The fourth-order valence-corrected chi connectivity index (χ4v) is 4.61. The van der Waals surface area contributed by atoms with Crippen molar-refractivity contribution in [1.82, 2.24) is 4.31 Å². The molecule has 1 aliphatic heterocycles. The number of nitrogens with zero attached hydrogens (tertiary/aromatic N) is 2. The summed E-state index contributed by atoms with van der Waals surface area (Å²) in [5.41, 5.74) is 0.936. The average Bonchev–Trinajstić information content (AvgIpc) is 2.67. The summed E-state index contributed by atoms with van der Waals surface area (Å²) in [6.07, 6.45) is 0. The Morgan fingerprint density at radius 2 is 1.58 bits per heavy atom. The van der Waals surface area contributed by atoms with E-state index in [-0.39, 0.29) is 10.6 Å². The lowest BCUT2D eigenvalue weighted by Crippen LogP contribution is -2.48. The lowest BCUT2D eigenvalue weighted by molar-refractivity contribution is 0.369. The van der Waals surface area contributed by atoms with Gasteiger partial charge < -0.3 is 14.4 Å². The fraction of sp³-hybridized carbons (Fsp3) is 0.333. The first-order valence-corrected chi connectivity index (χ1v) is 9.63. The van der Waals surface area contributed by atoms with Crippen LogP contribution in [0.3, 0.4) is 0 Å². The average molecular weight is 380 g/mol. The van der Waals surface area contributed by atoms with Crippen LogP contribution in [-0.2, 0) is 10.0 Å². The molecule has 1 fully saturated rings. The van der Waals surface area contributed by atoms with E-state index in [0.717, 1.165) is 23.6 Å². The highest BCUT2D eigenvalue weighted by Crippen LogP contribution is 2.31. The highest BCUT2D eigenvalue weighted by Gasteiger charge is 2.31. The summed E-state index contributed by atoms with van der Waals surface area (Å²) >= 11 is 0. The number of para-hydroxylation sites is 2. The van der Waals surface area contributed by atoms with Gasteiger partial charge in [-0.25, -0.2) is 12.8 Å². The van der Waals surface area contributed by atoms with E-state index < -0.39 is 15.8 Å². The molecule has 2 aromatic rings. The number of piperazine rings is 1. The number of ether oxygens (including phenoxy) is 2. The zero-order valence-electron chi connectivity index (χ0n) is 14.7. The van der Waals surface area contributed by atoms with Gasteiger partial charge in [0.05, 0.1) is 19.9 Å². The van der Waals surface area contributed by atoms with Gasteiger partial charge in [0.15, 0.2) is 0 Å². The number of rotatable bonds is 5. The fourth-order valence-electron chi connectivity index (χ4n) is 3.05. The number of benzene rings is 2. The molecule has 0 aromatic heterocycles. The highest BCUT2D eigenvalue weighted by molar-refractivity contribution is 7.89. The number of methoxy groups -OCH3 is 2. The second kappa shape index (κ2) is 7.51. The molecule has 3 rings (SSSR count). The number of halogens is 1. The maximum absolute atomic E-state index is 13.4. The van der Waals surface area contributed by atoms with Crippen molar-refractivity contribution in [2.45, 2.75) is 4.90 Å². The molecule has 0 radical (unpaired) electrons. The molecular formula is C18H21FN2O4S. The molecule has 0 aliphatic carbocycles. The molecule has 0 amide bonds. The van der Waals surface area contributed by atoms with Crippen molar-refractivity contribution in [3.05, 3.63) is 48.3 Å². The summed E-state index contributed by atoms with van der Waals surface area (Å²) in [4.78, 5) is 2.07. The topological polar surface area (TPSA) is 59.1 Å². The Morgan fingerprint density at radius 3 is 2.23 bits per heavy atom. The predicted octanol–water partition coefficient (Wildman–Crippen LogP) is 2.35. The molecule has 2 aromatic carbocycles. The summed E-state index contributed by atoms with van der Waals surface area (Å²) in [6, 6.07) is 11.1. The number of hydrogen-bond acceptors (Lipinski definition) is 5. The van der Waals surface area contributed by atoms with Gasteiger partial charge in [0, 0.05) is 32.2 Å². The van der Waals surface area contributed by atoms with Crippen LogP contribution in [0.2, 0.25) is 0 Å². The Hall–Kier alpha value is -2.32. The minimum atomic E-state index is -3.76. The van der Waals surface area contributed by atoms with Crippen molar-refractivity contribution in [1.29, 1.82) is 0 Å². The first-order chi connectivity index (χ1) is 12.5. The molecule has 8 heteroatoms. The van der Waals surface area contributed by atoms with Gasteiger partial charge in [-0.1, -0.05) is 12.1 Å². The molecule has 0 spiro atoms. The molecule has 0 N–H and O–H groups in total. The lowest BCUT2D eigenvalue weighted by atomic mass is 10.2. The molecule has 6 nitrogen and oxygen atoms in total. The molecule has 0 unspecified atom stereocenters. The molecular weight excluding hydrogens is 359 g/mol. The highest BCUT2D eigenvalue weighted by atomic mass is 32.2. The molecule has 140 valence electrons. The van der Waals surface area contributed by atoms with E-state index in [2.05, 4.69) is 4.90 Å². The smallest absolute Gasteiger partial charge is 0.246 e. The van der Waals surface area contributed by atoms with Crippen LogP contribution in [0.15, 0.2) is 47.4 Å². The maximum atomic E-state index is 13.4. The molecule has 26 heavy (non-hydrogen) atoms. The van der Waals surface area contributed by atoms with Crippen molar-refractivity contribution in [2.24, 2.45) is 0 Å². The quantitative estimate of drug-likeness (QED) is 0.797. The third kappa shape index (κ3) is 3.47. The van der Waals surface area contributed by atoms with Gasteiger partial charge in [-0.3, -0.25) is 0 Å². The van der Waals surface area contributed by atoms with Crippen molar-refractivity contribution in [3.63, 3.8) is 0 Å². The second-order valence-corrected chi connectivity index (χ2v) is 7.76. The normalized spacial score (nSPS) is 15.7. The Kier molecular flexibility index (Phi) is 5.33. The Bertz CT molecular complexity index is 881. The van der Waals surface area contributed by atoms with Crippen LogP contribution in [0.5, 0.6) is 11.5 Å². The number of sulfonamides is 1. The monoisotopic (exact) mass is 380 g/mol. The van der Waals surface area contributed by atoms with E-state index in [4.69, 9.17) is 9.47 Å². The minimum Gasteiger partial charge on any atom is -0.495 e. The second-order valence-electron chi connectivity index (χ2n) is 5.86. The number of hydrogen-bond donors (Lipinski definition) is 0. The molecule has 0 bridgehead atoms. The summed E-state index contributed by atoms with van der Waals surface area (Å²) in [7, 11) is -0.821. The van der Waals surface area contributed by atoms with Gasteiger partial charge in [0.25, 0.3) is 0 Å². The van der Waals surface area contributed by atoms with Crippen LogP contribution in [0, 0.1) is 5.82 Å². The van der Waals surface area contributed by atoms with Crippen molar-refractivity contribution in [2.75, 3.05) is 45.3 Å². The largest absolute Gasteiger partial charge is 0.495 e. The number of anilines is 1. The molecule has 1 saturated heterocycles. The van der Waals surface area contributed by atoms with Gasteiger partial charge in [-0.2, -0.15) is 4.31 Å². The molecule has 1 heterocycles. The molecule has 0 saturated carbocycles. The van der Waals surface area contributed by atoms with Gasteiger partial charge in [0.2, 0.25) is 10.0 Å². The van der Waals surface area contributed by atoms with Gasteiger partial charge in [0.1, 0.15) is 22.2 Å².